The van der Waals surface area contributed by atoms with Crippen LogP contribution in [0.4, 0.5) is 0 Å². The van der Waals surface area contributed by atoms with Gasteiger partial charge in [0.2, 0.25) is 5.91 Å². The number of rotatable bonds is 7. The largest absolute Gasteiger partial charge is 0.384 e. The minimum absolute atomic E-state index is 0.146. The molecule has 0 saturated heterocycles. The number of hydrogen-bond acceptors (Lipinski definition) is 4. The van der Waals surface area contributed by atoms with Crippen molar-refractivity contribution in [3.63, 3.8) is 0 Å². The molecule has 0 aliphatic carbocycles. The fourth-order valence-corrected chi connectivity index (χ4v) is 2.50. The van der Waals surface area contributed by atoms with E-state index in [2.05, 4.69) is 27.3 Å². The lowest BCUT2D eigenvalue weighted by Gasteiger charge is -2.12. The smallest absolute Gasteiger partial charge is 0.231 e. The first-order chi connectivity index (χ1) is 9.17. The van der Waals surface area contributed by atoms with Gasteiger partial charge in [-0.15, -0.1) is 11.8 Å². The molecule has 1 unspecified atom stereocenters. The lowest BCUT2D eigenvalue weighted by atomic mass is 10.1. The number of carbonyl (C=O) groups is 1. The molecule has 0 spiro atoms. The lowest BCUT2D eigenvalue weighted by molar-refractivity contribution is -0.118. The van der Waals surface area contributed by atoms with Crippen molar-refractivity contribution in [3.8, 4) is 6.07 Å². The Labute approximate surface area is 125 Å². The van der Waals surface area contributed by atoms with E-state index in [0.29, 0.717) is 12.4 Å². The molecule has 1 aromatic carbocycles. The van der Waals surface area contributed by atoms with Gasteiger partial charge in [0.1, 0.15) is 6.04 Å². The first-order valence-electron chi connectivity index (χ1n) is 5.68. The zero-order valence-electron chi connectivity index (χ0n) is 10.6. The number of nitrogens with one attached hydrogen (secondary N) is 1. The molecular formula is C13H15BrN2O2S. The van der Waals surface area contributed by atoms with Crippen molar-refractivity contribution in [1.29, 1.82) is 5.26 Å². The van der Waals surface area contributed by atoms with Crippen molar-refractivity contribution in [1.82, 2.24) is 5.32 Å². The molecule has 0 fully saturated rings. The van der Waals surface area contributed by atoms with Crippen molar-refractivity contribution in [2.24, 2.45) is 0 Å². The molecule has 4 nitrogen and oxygen atoms in total. The number of thioether (sulfide) groups is 1. The Hall–Kier alpha value is -1.03. The van der Waals surface area contributed by atoms with Crippen molar-refractivity contribution in [2.45, 2.75) is 6.04 Å². The second kappa shape index (κ2) is 8.97. The molecule has 0 aromatic heterocycles. The van der Waals surface area contributed by atoms with Crippen LogP contribution < -0.4 is 5.32 Å². The monoisotopic (exact) mass is 342 g/mol. The SMILES string of the molecule is COCCSCC(=O)NC(C#N)c1cccc(Br)c1. The van der Waals surface area contributed by atoms with Gasteiger partial charge in [0.15, 0.2) is 0 Å². The molecule has 6 heteroatoms. The predicted octanol–water partition coefficient (Wildman–Crippen LogP) is 2.51. The van der Waals surface area contributed by atoms with E-state index in [4.69, 9.17) is 10.00 Å². The van der Waals surface area contributed by atoms with Gasteiger partial charge in [-0.25, -0.2) is 0 Å². The van der Waals surface area contributed by atoms with Crippen LogP contribution in [0.3, 0.4) is 0 Å². The zero-order valence-corrected chi connectivity index (χ0v) is 13.0. The van der Waals surface area contributed by atoms with Crippen LogP contribution in [-0.4, -0.2) is 31.1 Å². The number of halogens is 1. The van der Waals surface area contributed by atoms with Gasteiger partial charge in [-0.05, 0) is 17.7 Å². The third kappa shape index (κ3) is 6.10. The molecule has 1 amide bonds. The summed E-state index contributed by atoms with van der Waals surface area (Å²) in [6.45, 7) is 0.616. The molecule has 1 N–H and O–H groups in total. The molecule has 0 aliphatic heterocycles. The first kappa shape index (κ1) is 16.0. The standard InChI is InChI=1S/C13H15BrN2O2S/c1-18-5-6-19-9-13(17)16-12(8-15)10-3-2-4-11(14)7-10/h2-4,7,12H,5-6,9H2,1H3,(H,16,17). The quantitative estimate of drug-likeness (QED) is 0.773. The number of carbonyl (C=O) groups excluding carboxylic acids is 1. The molecule has 0 saturated carbocycles. The molecule has 1 atom stereocenters. The molecule has 0 heterocycles. The van der Waals surface area contributed by atoms with Gasteiger partial charge in [0, 0.05) is 17.3 Å². The summed E-state index contributed by atoms with van der Waals surface area (Å²) in [5.74, 6) is 0.945. The highest BCUT2D eigenvalue weighted by Gasteiger charge is 2.13. The molecular weight excluding hydrogens is 328 g/mol. The summed E-state index contributed by atoms with van der Waals surface area (Å²) in [5, 5.41) is 11.8. The second-order valence-corrected chi connectivity index (χ2v) is 5.75. The Morgan fingerprint density at radius 3 is 3.05 bits per heavy atom. The summed E-state index contributed by atoms with van der Waals surface area (Å²) in [7, 11) is 1.62. The average Bonchev–Trinajstić information content (AvgIpc) is 2.41. The minimum Gasteiger partial charge on any atom is -0.384 e. The zero-order chi connectivity index (χ0) is 14.1. The van der Waals surface area contributed by atoms with E-state index in [9.17, 15) is 4.79 Å². The Bertz CT molecular complexity index is 462. The Balaban J connectivity index is 2.49. The van der Waals surface area contributed by atoms with Crippen LogP contribution in [0.5, 0.6) is 0 Å². The van der Waals surface area contributed by atoms with E-state index in [1.807, 2.05) is 24.3 Å². The fourth-order valence-electron chi connectivity index (χ4n) is 1.39. The molecule has 0 radical (unpaired) electrons. The first-order valence-corrected chi connectivity index (χ1v) is 7.63. The molecule has 19 heavy (non-hydrogen) atoms. The maximum atomic E-state index is 11.7. The summed E-state index contributed by atoms with van der Waals surface area (Å²) in [6.07, 6.45) is 0. The van der Waals surface area contributed by atoms with E-state index in [1.54, 1.807) is 7.11 Å². The van der Waals surface area contributed by atoms with Crippen LogP contribution in [0, 0.1) is 11.3 Å². The van der Waals surface area contributed by atoms with Gasteiger partial charge in [-0.2, -0.15) is 5.26 Å². The van der Waals surface area contributed by atoms with Crippen LogP contribution in [0.2, 0.25) is 0 Å². The Morgan fingerprint density at radius 2 is 2.42 bits per heavy atom. The topological polar surface area (TPSA) is 62.1 Å². The molecule has 0 aliphatic rings. The van der Waals surface area contributed by atoms with Gasteiger partial charge in [-0.1, -0.05) is 28.1 Å². The van der Waals surface area contributed by atoms with E-state index in [0.717, 1.165) is 15.8 Å². The minimum atomic E-state index is -0.618. The fraction of sp³-hybridized carbons (Fsp3) is 0.385. The number of nitriles is 1. The third-order valence-electron chi connectivity index (χ3n) is 2.28. The maximum Gasteiger partial charge on any atom is 0.231 e. The predicted molar refractivity (Wildman–Crippen MR) is 79.8 cm³/mol. The van der Waals surface area contributed by atoms with Crippen LogP contribution in [0.15, 0.2) is 28.7 Å². The second-order valence-electron chi connectivity index (χ2n) is 3.73. The van der Waals surface area contributed by atoms with Crippen molar-refractivity contribution >= 4 is 33.6 Å². The van der Waals surface area contributed by atoms with Crippen molar-refractivity contribution < 1.29 is 9.53 Å². The van der Waals surface area contributed by atoms with Gasteiger partial charge in [0.25, 0.3) is 0 Å². The summed E-state index contributed by atoms with van der Waals surface area (Å²) >= 11 is 4.83. The third-order valence-corrected chi connectivity index (χ3v) is 3.70. The van der Waals surface area contributed by atoms with E-state index in [-0.39, 0.29) is 5.91 Å². The van der Waals surface area contributed by atoms with Crippen LogP contribution >= 0.6 is 27.7 Å². The summed E-state index contributed by atoms with van der Waals surface area (Å²) in [4.78, 5) is 11.7. The highest BCUT2D eigenvalue weighted by Crippen LogP contribution is 2.17. The average molecular weight is 343 g/mol. The van der Waals surface area contributed by atoms with E-state index < -0.39 is 6.04 Å². The lowest BCUT2D eigenvalue weighted by Crippen LogP contribution is -2.29. The number of nitrogens with zero attached hydrogens (tertiary/aromatic N) is 1. The summed E-state index contributed by atoms with van der Waals surface area (Å²) < 4.78 is 5.78. The van der Waals surface area contributed by atoms with Crippen molar-refractivity contribution in [3.05, 3.63) is 34.3 Å². The molecule has 102 valence electrons. The molecule has 1 rings (SSSR count). The number of benzene rings is 1. The van der Waals surface area contributed by atoms with E-state index in [1.165, 1.54) is 11.8 Å². The van der Waals surface area contributed by atoms with Crippen LogP contribution in [0.25, 0.3) is 0 Å². The van der Waals surface area contributed by atoms with Gasteiger partial charge < -0.3 is 10.1 Å². The van der Waals surface area contributed by atoms with Gasteiger partial charge >= 0.3 is 0 Å². The van der Waals surface area contributed by atoms with Crippen LogP contribution in [0.1, 0.15) is 11.6 Å². The highest BCUT2D eigenvalue weighted by molar-refractivity contribution is 9.10. The maximum absolute atomic E-state index is 11.7. The van der Waals surface area contributed by atoms with Crippen molar-refractivity contribution in [2.75, 3.05) is 25.2 Å². The number of hydrogen-bond donors (Lipinski definition) is 1. The number of ether oxygens (including phenoxy) is 1. The Morgan fingerprint density at radius 1 is 1.63 bits per heavy atom. The van der Waals surface area contributed by atoms with E-state index >= 15 is 0 Å². The van der Waals surface area contributed by atoms with Gasteiger partial charge in [-0.3, -0.25) is 4.79 Å². The summed E-state index contributed by atoms with van der Waals surface area (Å²) in [6, 6.07) is 8.83. The summed E-state index contributed by atoms with van der Waals surface area (Å²) in [5.41, 5.74) is 0.770. The van der Waals surface area contributed by atoms with Gasteiger partial charge in [0.05, 0.1) is 18.4 Å². The Kier molecular flexibility index (Phi) is 7.56. The number of amides is 1. The highest BCUT2D eigenvalue weighted by atomic mass is 79.9. The molecule has 1 aromatic rings. The molecule has 0 bridgehead atoms. The normalized spacial score (nSPS) is 11.6. The number of methoxy groups -OCH3 is 1. The van der Waals surface area contributed by atoms with Crippen LogP contribution in [-0.2, 0) is 9.53 Å².